The van der Waals surface area contributed by atoms with Gasteiger partial charge in [0.1, 0.15) is 0 Å². The molecule has 0 spiro atoms. The molecular weight excluding hydrogens is 356 g/mol. The molecule has 3 rings (SSSR count). The molecule has 0 aliphatic rings. The van der Waals surface area contributed by atoms with Crippen molar-refractivity contribution in [1.29, 1.82) is 0 Å². The fourth-order valence-corrected chi connectivity index (χ4v) is 3.32. The van der Waals surface area contributed by atoms with Crippen LogP contribution in [0.15, 0.2) is 53.7 Å². The van der Waals surface area contributed by atoms with E-state index < -0.39 is 0 Å². The molecule has 1 N–H and O–H groups in total. The fourth-order valence-electron chi connectivity index (χ4n) is 2.33. The summed E-state index contributed by atoms with van der Waals surface area (Å²) in [4.78, 5) is 11.1. The predicted octanol–water partition coefficient (Wildman–Crippen LogP) is 4.39. The molecule has 0 unspecified atom stereocenters. The highest BCUT2D eigenvalue weighted by Crippen LogP contribution is 2.26. The van der Waals surface area contributed by atoms with Crippen molar-refractivity contribution in [2.45, 2.75) is 17.8 Å². The van der Waals surface area contributed by atoms with Gasteiger partial charge in [-0.2, -0.15) is 0 Å². The minimum atomic E-state index is -0.0905. The van der Waals surface area contributed by atoms with Crippen molar-refractivity contribution in [3.63, 3.8) is 0 Å². The first-order chi connectivity index (χ1) is 12.0. The lowest BCUT2D eigenvalue weighted by Crippen LogP contribution is -2.05. The van der Waals surface area contributed by atoms with Crippen LogP contribution in [-0.4, -0.2) is 20.7 Å². The summed E-state index contributed by atoms with van der Waals surface area (Å²) in [5.41, 5.74) is 2.89. The van der Waals surface area contributed by atoms with Crippen LogP contribution in [-0.2, 0) is 17.6 Å². The van der Waals surface area contributed by atoms with Crippen LogP contribution >= 0.6 is 23.4 Å². The van der Waals surface area contributed by atoms with Crippen LogP contribution in [0.3, 0.4) is 0 Å². The SMILES string of the molecule is CC(=O)Nc1ccc(-c2nnc(SCc3ccc(Cl)cc3)n2C)cc1. The topological polar surface area (TPSA) is 59.8 Å². The van der Waals surface area contributed by atoms with Crippen molar-refractivity contribution in [2.24, 2.45) is 7.05 Å². The van der Waals surface area contributed by atoms with Crippen molar-refractivity contribution in [2.75, 3.05) is 5.32 Å². The van der Waals surface area contributed by atoms with Gasteiger partial charge in [-0.05, 0) is 42.0 Å². The normalized spacial score (nSPS) is 10.7. The van der Waals surface area contributed by atoms with E-state index in [2.05, 4.69) is 15.5 Å². The van der Waals surface area contributed by atoms with Crippen molar-refractivity contribution < 1.29 is 4.79 Å². The second-order valence-electron chi connectivity index (χ2n) is 5.54. The van der Waals surface area contributed by atoms with E-state index in [1.54, 1.807) is 11.8 Å². The van der Waals surface area contributed by atoms with Crippen LogP contribution in [0, 0.1) is 0 Å². The Hall–Kier alpha value is -2.31. The van der Waals surface area contributed by atoms with E-state index in [0.29, 0.717) is 0 Å². The quantitative estimate of drug-likeness (QED) is 0.675. The van der Waals surface area contributed by atoms with E-state index in [1.165, 1.54) is 12.5 Å². The number of hydrogen-bond donors (Lipinski definition) is 1. The van der Waals surface area contributed by atoms with Crippen molar-refractivity contribution in [1.82, 2.24) is 14.8 Å². The third-order valence-corrected chi connectivity index (χ3v) is 4.92. The zero-order valence-electron chi connectivity index (χ0n) is 13.9. The van der Waals surface area contributed by atoms with Crippen LogP contribution in [0.2, 0.25) is 5.02 Å². The maximum Gasteiger partial charge on any atom is 0.221 e. The van der Waals surface area contributed by atoms with Crippen molar-refractivity contribution >= 4 is 35.0 Å². The zero-order valence-corrected chi connectivity index (χ0v) is 15.4. The molecule has 1 aromatic heterocycles. The zero-order chi connectivity index (χ0) is 17.8. The van der Waals surface area contributed by atoms with Gasteiger partial charge in [-0.25, -0.2) is 0 Å². The second-order valence-corrected chi connectivity index (χ2v) is 6.92. The van der Waals surface area contributed by atoms with E-state index in [-0.39, 0.29) is 5.91 Å². The third kappa shape index (κ3) is 4.41. The molecule has 3 aromatic rings. The molecule has 0 fully saturated rings. The molecule has 0 atom stereocenters. The van der Waals surface area contributed by atoms with Gasteiger partial charge < -0.3 is 9.88 Å². The van der Waals surface area contributed by atoms with E-state index in [9.17, 15) is 4.79 Å². The fraction of sp³-hybridized carbons (Fsp3) is 0.167. The number of carbonyl (C=O) groups is 1. The van der Waals surface area contributed by atoms with Gasteiger partial charge in [0.25, 0.3) is 0 Å². The highest BCUT2D eigenvalue weighted by molar-refractivity contribution is 7.98. The molecule has 0 saturated heterocycles. The average Bonchev–Trinajstić information content (AvgIpc) is 2.95. The molecule has 0 saturated carbocycles. The monoisotopic (exact) mass is 372 g/mol. The van der Waals surface area contributed by atoms with Crippen LogP contribution in [0.4, 0.5) is 5.69 Å². The minimum absolute atomic E-state index is 0.0905. The molecule has 128 valence electrons. The Morgan fingerprint density at radius 3 is 2.44 bits per heavy atom. The Kier molecular flexibility index (Phi) is 5.40. The molecule has 0 aliphatic heterocycles. The lowest BCUT2D eigenvalue weighted by atomic mass is 10.2. The van der Waals surface area contributed by atoms with Gasteiger partial charge in [-0.3, -0.25) is 4.79 Å². The first-order valence-corrected chi connectivity index (χ1v) is 9.04. The van der Waals surface area contributed by atoms with Crippen LogP contribution in [0.5, 0.6) is 0 Å². The first-order valence-electron chi connectivity index (χ1n) is 7.67. The number of halogens is 1. The van der Waals surface area contributed by atoms with Crippen molar-refractivity contribution in [3.8, 4) is 11.4 Å². The Morgan fingerprint density at radius 2 is 1.80 bits per heavy atom. The van der Waals surface area contributed by atoms with Gasteiger partial charge in [0.2, 0.25) is 5.91 Å². The highest BCUT2D eigenvalue weighted by Gasteiger charge is 2.11. The maximum atomic E-state index is 11.1. The van der Waals surface area contributed by atoms with Gasteiger partial charge in [-0.15, -0.1) is 10.2 Å². The summed E-state index contributed by atoms with van der Waals surface area (Å²) in [5, 5.41) is 12.9. The van der Waals surface area contributed by atoms with Gasteiger partial charge in [0.05, 0.1) is 0 Å². The Morgan fingerprint density at radius 1 is 1.12 bits per heavy atom. The molecular formula is C18H17ClN4OS. The lowest BCUT2D eigenvalue weighted by Gasteiger charge is -2.06. The minimum Gasteiger partial charge on any atom is -0.326 e. The maximum absolute atomic E-state index is 11.1. The summed E-state index contributed by atoms with van der Waals surface area (Å²) in [5.74, 6) is 1.49. The summed E-state index contributed by atoms with van der Waals surface area (Å²) in [7, 11) is 1.95. The highest BCUT2D eigenvalue weighted by atomic mass is 35.5. The number of nitrogens with one attached hydrogen (secondary N) is 1. The molecule has 1 heterocycles. The van der Waals surface area contributed by atoms with E-state index in [0.717, 1.165) is 33.0 Å². The number of hydrogen-bond acceptors (Lipinski definition) is 4. The molecule has 0 radical (unpaired) electrons. The predicted molar refractivity (Wildman–Crippen MR) is 102 cm³/mol. The number of benzene rings is 2. The molecule has 1 amide bonds. The molecule has 7 heteroatoms. The van der Waals surface area contributed by atoms with E-state index >= 15 is 0 Å². The van der Waals surface area contributed by atoms with Crippen LogP contribution < -0.4 is 5.32 Å². The van der Waals surface area contributed by atoms with Crippen LogP contribution in [0.1, 0.15) is 12.5 Å². The number of rotatable bonds is 5. The standard InChI is InChI=1S/C18H17ClN4OS/c1-12(24)20-16-9-5-14(6-10-16)17-21-22-18(23(17)2)25-11-13-3-7-15(19)8-4-13/h3-10H,11H2,1-2H3,(H,20,24). The van der Waals surface area contributed by atoms with Gasteiger partial charge in [0.15, 0.2) is 11.0 Å². The number of thioether (sulfide) groups is 1. The Bertz CT molecular complexity index is 875. The summed E-state index contributed by atoms with van der Waals surface area (Å²) in [6.07, 6.45) is 0. The Labute approximate surface area is 155 Å². The number of amides is 1. The third-order valence-electron chi connectivity index (χ3n) is 3.58. The number of nitrogens with zero attached hydrogens (tertiary/aromatic N) is 3. The summed E-state index contributed by atoms with van der Waals surface area (Å²) < 4.78 is 1.97. The summed E-state index contributed by atoms with van der Waals surface area (Å²) in [6.45, 7) is 1.49. The number of carbonyl (C=O) groups excluding carboxylic acids is 1. The van der Waals surface area contributed by atoms with E-state index in [1.807, 2.05) is 60.1 Å². The first kappa shape index (κ1) is 17.5. The molecule has 5 nitrogen and oxygen atoms in total. The van der Waals surface area contributed by atoms with Crippen molar-refractivity contribution in [3.05, 3.63) is 59.1 Å². The second kappa shape index (κ2) is 7.72. The van der Waals surface area contributed by atoms with Gasteiger partial charge in [0, 0.05) is 36.0 Å². The smallest absolute Gasteiger partial charge is 0.221 e. The number of anilines is 1. The molecule has 2 aromatic carbocycles. The van der Waals surface area contributed by atoms with Gasteiger partial charge in [-0.1, -0.05) is 35.5 Å². The molecule has 25 heavy (non-hydrogen) atoms. The lowest BCUT2D eigenvalue weighted by molar-refractivity contribution is -0.114. The van der Waals surface area contributed by atoms with Gasteiger partial charge >= 0.3 is 0 Å². The number of aromatic nitrogens is 3. The molecule has 0 bridgehead atoms. The molecule has 0 aliphatic carbocycles. The summed E-state index contributed by atoms with van der Waals surface area (Å²) >= 11 is 7.53. The van der Waals surface area contributed by atoms with E-state index in [4.69, 9.17) is 11.6 Å². The van der Waals surface area contributed by atoms with Crippen LogP contribution in [0.25, 0.3) is 11.4 Å². The Balaban J connectivity index is 1.72. The largest absolute Gasteiger partial charge is 0.326 e. The summed E-state index contributed by atoms with van der Waals surface area (Å²) in [6, 6.07) is 15.3. The average molecular weight is 373 g/mol.